The molecule has 0 fully saturated rings. The molecule has 1 rings (SSSR count). The molecule has 19 heavy (non-hydrogen) atoms. The highest BCUT2D eigenvalue weighted by atomic mass is 35.5. The number of benzene rings is 1. The Morgan fingerprint density at radius 2 is 2.05 bits per heavy atom. The zero-order valence-corrected chi connectivity index (χ0v) is 11.5. The normalized spacial score (nSPS) is 11.6. The quantitative estimate of drug-likeness (QED) is 0.891. The molecule has 0 aromatic heterocycles. The van der Waals surface area contributed by atoms with Crippen molar-refractivity contribution >= 4 is 18.3 Å². The van der Waals surface area contributed by atoms with Gasteiger partial charge in [-0.1, -0.05) is 6.07 Å². The monoisotopic (exact) mass is 294 g/mol. The first-order valence-corrected chi connectivity index (χ1v) is 5.39. The largest absolute Gasteiger partial charge is 0.383 e. The van der Waals surface area contributed by atoms with Gasteiger partial charge in [0.25, 0.3) is 0 Å². The number of nitrogens with two attached hydrogens (primary N) is 1. The highest BCUT2D eigenvalue weighted by Gasteiger charge is 2.18. The molecule has 4 nitrogen and oxygen atoms in total. The molecule has 0 spiro atoms. The molecular formula is C12H17ClF2N2O2. The van der Waals surface area contributed by atoms with Crippen molar-refractivity contribution in [3.8, 4) is 0 Å². The van der Waals surface area contributed by atoms with Crippen molar-refractivity contribution in [1.82, 2.24) is 4.90 Å². The van der Waals surface area contributed by atoms with Crippen molar-refractivity contribution in [3.63, 3.8) is 0 Å². The van der Waals surface area contributed by atoms with E-state index in [0.29, 0.717) is 5.56 Å². The molecule has 0 aliphatic carbocycles. The number of methoxy groups -OCH3 is 1. The molecular weight excluding hydrogens is 278 g/mol. The lowest BCUT2D eigenvalue weighted by Crippen LogP contribution is -2.44. The summed E-state index contributed by atoms with van der Waals surface area (Å²) in [5, 5.41) is 0. The zero-order valence-electron chi connectivity index (χ0n) is 10.7. The van der Waals surface area contributed by atoms with Crippen LogP contribution in [0.1, 0.15) is 5.56 Å². The highest BCUT2D eigenvalue weighted by Crippen LogP contribution is 2.10. The molecule has 0 saturated carbocycles. The van der Waals surface area contributed by atoms with Crippen LogP contribution >= 0.6 is 12.4 Å². The van der Waals surface area contributed by atoms with Gasteiger partial charge < -0.3 is 15.4 Å². The summed E-state index contributed by atoms with van der Waals surface area (Å²) in [4.78, 5) is 13.1. The van der Waals surface area contributed by atoms with Crippen LogP contribution in [0, 0.1) is 11.6 Å². The Kier molecular flexibility index (Phi) is 7.51. The minimum absolute atomic E-state index is 0. The van der Waals surface area contributed by atoms with E-state index in [0.717, 1.165) is 12.1 Å². The molecule has 0 aliphatic heterocycles. The summed E-state index contributed by atoms with van der Waals surface area (Å²) in [6.07, 6.45) is 0. The van der Waals surface area contributed by atoms with Crippen molar-refractivity contribution in [2.24, 2.45) is 5.73 Å². The third kappa shape index (κ3) is 5.10. The van der Waals surface area contributed by atoms with Gasteiger partial charge in [0.1, 0.15) is 6.04 Å². The molecule has 1 aromatic carbocycles. The summed E-state index contributed by atoms with van der Waals surface area (Å²) in [5.41, 5.74) is 6.08. The van der Waals surface area contributed by atoms with Crippen LogP contribution in [0.25, 0.3) is 0 Å². The van der Waals surface area contributed by atoms with Gasteiger partial charge in [-0.2, -0.15) is 0 Å². The molecule has 0 heterocycles. The molecule has 1 amide bonds. The van der Waals surface area contributed by atoms with Crippen LogP contribution in [0.5, 0.6) is 0 Å². The Morgan fingerprint density at radius 3 is 2.58 bits per heavy atom. The molecule has 0 aliphatic rings. The number of amides is 1. The Balaban J connectivity index is 0.00000324. The summed E-state index contributed by atoms with van der Waals surface area (Å²) in [6.45, 7) is 0.272. The predicted molar refractivity (Wildman–Crippen MR) is 69.9 cm³/mol. The van der Waals surface area contributed by atoms with Gasteiger partial charge in [-0.05, 0) is 17.7 Å². The Labute approximate surface area is 116 Å². The van der Waals surface area contributed by atoms with Crippen molar-refractivity contribution < 1.29 is 18.3 Å². The average Bonchev–Trinajstić information content (AvgIpc) is 2.33. The van der Waals surface area contributed by atoms with E-state index >= 15 is 0 Å². The number of hydrogen-bond donors (Lipinski definition) is 1. The van der Waals surface area contributed by atoms with E-state index in [-0.39, 0.29) is 31.5 Å². The van der Waals surface area contributed by atoms with Gasteiger partial charge >= 0.3 is 0 Å². The van der Waals surface area contributed by atoms with E-state index < -0.39 is 17.7 Å². The molecule has 0 bridgehead atoms. The van der Waals surface area contributed by atoms with Gasteiger partial charge in [-0.3, -0.25) is 4.79 Å². The number of rotatable bonds is 5. The summed E-state index contributed by atoms with van der Waals surface area (Å²) >= 11 is 0. The second kappa shape index (κ2) is 8.04. The topological polar surface area (TPSA) is 55.6 Å². The van der Waals surface area contributed by atoms with Gasteiger partial charge in [0.2, 0.25) is 5.91 Å². The maximum Gasteiger partial charge on any atom is 0.241 e. The third-order valence-corrected chi connectivity index (χ3v) is 2.44. The van der Waals surface area contributed by atoms with Crippen molar-refractivity contribution in [1.29, 1.82) is 0 Å². The van der Waals surface area contributed by atoms with Crippen LogP contribution < -0.4 is 5.73 Å². The lowest BCUT2D eigenvalue weighted by Gasteiger charge is -2.21. The fourth-order valence-electron chi connectivity index (χ4n) is 1.52. The second-order valence-electron chi connectivity index (χ2n) is 4.00. The van der Waals surface area contributed by atoms with Crippen LogP contribution in [0.3, 0.4) is 0 Å². The minimum Gasteiger partial charge on any atom is -0.383 e. The maximum atomic E-state index is 13.0. The summed E-state index contributed by atoms with van der Waals surface area (Å²) in [5.74, 6) is -2.17. The van der Waals surface area contributed by atoms with E-state index in [9.17, 15) is 13.6 Å². The number of likely N-dealkylation sites (N-methyl/N-ethyl adjacent to an activating group) is 1. The number of hydrogen-bond acceptors (Lipinski definition) is 3. The number of carbonyl (C=O) groups excluding carboxylic acids is 1. The Morgan fingerprint density at radius 1 is 1.42 bits per heavy atom. The molecule has 0 radical (unpaired) electrons. The molecule has 1 unspecified atom stereocenters. The zero-order chi connectivity index (χ0) is 13.7. The highest BCUT2D eigenvalue weighted by molar-refractivity contribution is 5.85. The van der Waals surface area contributed by atoms with Crippen molar-refractivity contribution in [2.45, 2.75) is 12.6 Å². The van der Waals surface area contributed by atoms with E-state index in [2.05, 4.69) is 0 Å². The van der Waals surface area contributed by atoms with Crippen LogP contribution in [-0.4, -0.2) is 37.6 Å². The van der Waals surface area contributed by atoms with Crippen LogP contribution in [0.4, 0.5) is 8.78 Å². The molecule has 0 saturated heterocycles. The number of nitrogens with zero attached hydrogens (tertiary/aromatic N) is 1. The smallest absolute Gasteiger partial charge is 0.241 e. The van der Waals surface area contributed by atoms with E-state index in [1.807, 2.05) is 0 Å². The van der Waals surface area contributed by atoms with Crippen LogP contribution in [0.15, 0.2) is 18.2 Å². The molecule has 7 heteroatoms. The molecule has 108 valence electrons. The first kappa shape index (κ1) is 17.8. The number of carbonyl (C=O) groups is 1. The fraction of sp³-hybridized carbons (Fsp3) is 0.417. The maximum absolute atomic E-state index is 13.0. The van der Waals surface area contributed by atoms with Crippen molar-refractivity contribution in [3.05, 3.63) is 35.4 Å². The second-order valence-corrected chi connectivity index (χ2v) is 4.00. The van der Waals surface area contributed by atoms with E-state index in [1.165, 1.54) is 18.1 Å². The van der Waals surface area contributed by atoms with E-state index in [1.54, 1.807) is 7.05 Å². The number of halogens is 3. The summed E-state index contributed by atoms with van der Waals surface area (Å²) < 4.78 is 30.5. The van der Waals surface area contributed by atoms with Gasteiger partial charge in [0.05, 0.1) is 6.61 Å². The SMILES string of the molecule is COCC(N)C(=O)N(C)Cc1ccc(F)c(F)c1.Cl. The summed E-state index contributed by atoms with van der Waals surface area (Å²) in [6, 6.07) is 2.74. The molecule has 1 atom stereocenters. The minimum atomic E-state index is -0.936. The van der Waals surface area contributed by atoms with Crippen molar-refractivity contribution in [2.75, 3.05) is 20.8 Å². The van der Waals surface area contributed by atoms with Gasteiger partial charge in [-0.15, -0.1) is 12.4 Å². The first-order chi connectivity index (χ1) is 8.45. The standard InChI is InChI=1S/C12H16F2N2O2.ClH/c1-16(12(17)11(15)7-18-2)6-8-3-4-9(13)10(14)5-8;/h3-5,11H,6-7,15H2,1-2H3;1H. The van der Waals surface area contributed by atoms with Gasteiger partial charge in [0, 0.05) is 20.7 Å². The Bertz CT molecular complexity index is 432. The molecule has 2 N–H and O–H groups in total. The lowest BCUT2D eigenvalue weighted by atomic mass is 10.2. The first-order valence-electron chi connectivity index (χ1n) is 5.39. The number of ether oxygens (including phenoxy) is 1. The van der Waals surface area contributed by atoms with E-state index in [4.69, 9.17) is 10.5 Å². The van der Waals surface area contributed by atoms with Gasteiger partial charge in [0.15, 0.2) is 11.6 Å². The van der Waals surface area contributed by atoms with Crippen LogP contribution in [0.2, 0.25) is 0 Å². The molecule has 1 aromatic rings. The predicted octanol–water partition coefficient (Wildman–Crippen LogP) is 1.32. The average molecular weight is 295 g/mol. The summed E-state index contributed by atoms with van der Waals surface area (Å²) in [7, 11) is 2.99. The fourth-order valence-corrected chi connectivity index (χ4v) is 1.52. The third-order valence-electron chi connectivity index (χ3n) is 2.44. The lowest BCUT2D eigenvalue weighted by molar-refractivity contribution is -0.132. The van der Waals surface area contributed by atoms with Crippen LogP contribution in [-0.2, 0) is 16.1 Å². The Hall–Kier alpha value is -1.24. The van der Waals surface area contributed by atoms with Gasteiger partial charge in [-0.25, -0.2) is 8.78 Å².